The van der Waals surface area contributed by atoms with Gasteiger partial charge in [-0.3, -0.25) is 0 Å². The molecule has 17 heavy (non-hydrogen) atoms. The maximum absolute atomic E-state index is 9.20. The van der Waals surface area contributed by atoms with Crippen LogP contribution in [0.3, 0.4) is 0 Å². The molecule has 94 valence electrons. The molecule has 1 aliphatic rings. The fraction of sp³-hybridized carbons (Fsp3) is 0.500. The quantitative estimate of drug-likeness (QED) is 0.791. The summed E-state index contributed by atoms with van der Waals surface area (Å²) in [6, 6.07) is 5.37. The van der Waals surface area contributed by atoms with Crippen LogP contribution in [0.4, 0.5) is 0 Å². The molecular weight excluding hydrogens is 220 g/mol. The van der Waals surface area contributed by atoms with E-state index in [2.05, 4.69) is 0 Å². The fourth-order valence-electron chi connectivity index (χ4n) is 2.13. The Morgan fingerprint density at radius 1 is 1.35 bits per heavy atom. The highest BCUT2D eigenvalue weighted by atomic mass is 16.7. The molecule has 0 fully saturated rings. The largest absolute Gasteiger partial charge is 0.454 e. The molecule has 5 heteroatoms. The van der Waals surface area contributed by atoms with Crippen molar-refractivity contribution in [2.75, 3.05) is 27.5 Å². The average molecular weight is 238 g/mol. The summed E-state index contributed by atoms with van der Waals surface area (Å²) in [5.74, 6) is 1.49. The number of ether oxygens (including phenoxy) is 2. The van der Waals surface area contributed by atoms with Gasteiger partial charge >= 0.3 is 0 Å². The van der Waals surface area contributed by atoms with Crippen LogP contribution in [-0.4, -0.2) is 43.5 Å². The number of hydrogen-bond donors (Lipinski definition) is 2. The molecule has 0 saturated heterocycles. The second-order valence-electron chi connectivity index (χ2n) is 4.37. The van der Waals surface area contributed by atoms with Crippen molar-refractivity contribution in [2.24, 2.45) is 5.73 Å². The van der Waals surface area contributed by atoms with Crippen LogP contribution in [0.1, 0.15) is 11.6 Å². The highest BCUT2D eigenvalue weighted by molar-refractivity contribution is 5.45. The van der Waals surface area contributed by atoms with Gasteiger partial charge < -0.3 is 25.2 Å². The molecule has 2 rings (SSSR count). The molecule has 0 bridgehead atoms. The SMILES string of the molecule is CN(C)C(c1ccc2c(c1)OCO2)C(N)CO. The first kappa shape index (κ1) is 12.2. The topological polar surface area (TPSA) is 68.0 Å². The van der Waals surface area contributed by atoms with E-state index in [0.29, 0.717) is 0 Å². The van der Waals surface area contributed by atoms with Crippen molar-refractivity contribution in [3.05, 3.63) is 23.8 Å². The molecule has 0 saturated carbocycles. The standard InChI is InChI=1S/C12H18N2O3/c1-14(2)12(9(13)6-15)8-3-4-10-11(5-8)17-7-16-10/h3-5,9,12,15H,6-7,13H2,1-2H3. The zero-order valence-corrected chi connectivity index (χ0v) is 10.1. The Labute approximate surface area is 101 Å². The molecule has 2 atom stereocenters. The normalized spacial score (nSPS) is 17.2. The van der Waals surface area contributed by atoms with Crippen LogP contribution < -0.4 is 15.2 Å². The van der Waals surface area contributed by atoms with Gasteiger partial charge in [-0.25, -0.2) is 0 Å². The predicted octanol–water partition coefficient (Wildman–Crippen LogP) is 0.338. The molecule has 2 unspecified atom stereocenters. The van der Waals surface area contributed by atoms with Crippen LogP contribution in [0, 0.1) is 0 Å². The van der Waals surface area contributed by atoms with Gasteiger partial charge in [-0.2, -0.15) is 0 Å². The minimum atomic E-state index is -0.328. The Bertz CT molecular complexity index is 395. The van der Waals surface area contributed by atoms with Crippen molar-refractivity contribution in [1.82, 2.24) is 4.90 Å². The summed E-state index contributed by atoms with van der Waals surface area (Å²) in [5.41, 5.74) is 6.95. The van der Waals surface area contributed by atoms with E-state index >= 15 is 0 Å². The summed E-state index contributed by atoms with van der Waals surface area (Å²) in [4.78, 5) is 1.98. The van der Waals surface area contributed by atoms with E-state index < -0.39 is 0 Å². The van der Waals surface area contributed by atoms with Crippen molar-refractivity contribution in [3.8, 4) is 11.5 Å². The molecule has 1 heterocycles. The minimum Gasteiger partial charge on any atom is -0.454 e. The number of benzene rings is 1. The Kier molecular flexibility index (Phi) is 3.51. The van der Waals surface area contributed by atoms with E-state index in [1.807, 2.05) is 37.2 Å². The fourth-order valence-corrected chi connectivity index (χ4v) is 2.13. The molecule has 1 aromatic rings. The lowest BCUT2D eigenvalue weighted by Gasteiger charge is -2.29. The van der Waals surface area contributed by atoms with Gasteiger partial charge in [0, 0.05) is 6.04 Å². The van der Waals surface area contributed by atoms with Crippen LogP contribution in [0.5, 0.6) is 11.5 Å². The summed E-state index contributed by atoms with van der Waals surface area (Å²) in [6.45, 7) is 0.203. The predicted molar refractivity (Wildman–Crippen MR) is 64.1 cm³/mol. The first-order valence-electron chi connectivity index (χ1n) is 5.56. The maximum atomic E-state index is 9.20. The molecule has 1 aliphatic heterocycles. The lowest BCUT2D eigenvalue weighted by atomic mass is 9.99. The maximum Gasteiger partial charge on any atom is 0.231 e. The third kappa shape index (κ3) is 2.36. The van der Waals surface area contributed by atoms with E-state index in [1.54, 1.807) is 0 Å². The summed E-state index contributed by atoms with van der Waals surface area (Å²) in [7, 11) is 3.87. The average Bonchev–Trinajstić information content (AvgIpc) is 2.75. The van der Waals surface area contributed by atoms with Gasteiger partial charge in [0.25, 0.3) is 0 Å². The van der Waals surface area contributed by atoms with Crippen molar-refractivity contribution in [3.63, 3.8) is 0 Å². The van der Waals surface area contributed by atoms with Crippen LogP contribution in [-0.2, 0) is 0 Å². The first-order chi connectivity index (χ1) is 8.13. The number of nitrogens with two attached hydrogens (primary N) is 1. The molecule has 0 amide bonds. The Morgan fingerprint density at radius 3 is 2.71 bits per heavy atom. The van der Waals surface area contributed by atoms with E-state index in [1.165, 1.54) is 0 Å². The summed E-state index contributed by atoms with van der Waals surface area (Å²) < 4.78 is 10.6. The number of rotatable bonds is 4. The molecule has 3 N–H and O–H groups in total. The van der Waals surface area contributed by atoms with Crippen molar-refractivity contribution in [2.45, 2.75) is 12.1 Å². The minimum absolute atomic E-state index is 0.0468. The second kappa shape index (κ2) is 4.91. The van der Waals surface area contributed by atoms with Crippen molar-refractivity contribution in [1.29, 1.82) is 0 Å². The van der Waals surface area contributed by atoms with Crippen LogP contribution >= 0.6 is 0 Å². The Hall–Kier alpha value is -1.30. The third-order valence-corrected chi connectivity index (χ3v) is 2.91. The molecule has 1 aromatic carbocycles. The summed E-state index contributed by atoms with van der Waals surface area (Å²) in [5, 5.41) is 9.20. The van der Waals surface area contributed by atoms with Gasteiger partial charge in [0.2, 0.25) is 6.79 Å². The van der Waals surface area contributed by atoms with Crippen molar-refractivity contribution >= 4 is 0 Å². The van der Waals surface area contributed by atoms with Gasteiger partial charge in [0.1, 0.15) is 0 Å². The lowest BCUT2D eigenvalue weighted by molar-refractivity contribution is 0.173. The van der Waals surface area contributed by atoms with Gasteiger partial charge in [-0.1, -0.05) is 6.07 Å². The van der Waals surface area contributed by atoms with Crippen LogP contribution in [0.2, 0.25) is 0 Å². The second-order valence-corrected chi connectivity index (χ2v) is 4.37. The smallest absolute Gasteiger partial charge is 0.231 e. The molecule has 0 aliphatic carbocycles. The third-order valence-electron chi connectivity index (χ3n) is 2.91. The van der Waals surface area contributed by atoms with Gasteiger partial charge in [-0.05, 0) is 31.8 Å². The number of aliphatic hydroxyl groups is 1. The summed E-state index contributed by atoms with van der Waals surface area (Å²) >= 11 is 0. The Balaban J connectivity index is 2.30. The van der Waals surface area contributed by atoms with E-state index in [0.717, 1.165) is 17.1 Å². The number of likely N-dealkylation sites (N-methyl/N-ethyl adjacent to an activating group) is 1. The molecule has 0 spiro atoms. The Morgan fingerprint density at radius 2 is 2.06 bits per heavy atom. The monoisotopic (exact) mass is 238 g/mol. The van der Waals surface area contributed by atoms with Gasteiger partial charge in [0.15, 0.2) is 11.5 Å². The molecular formula is C12H18N2O3. The molecule has 0 aromatic heterocycles. The van der Waals surface area contributed by atoms with Crippen LogP contribution in [0.15, 0.2) is 18.2 Å². The highest BCUT2D eigenvalue weighted by Gasteiger charge is 2.24. The first-order valence-corrected chi connectivity index (χ1v) is 5.56. The van der Waals surface area contributed by atoms with Crippen LogP contribution in [0.25, 0.3) is 0 Å². The number of hydrogen-bond acceptors (Lipinski definition) is 5. The molecule has 5 nitrogen and oxygen atoms in total. The van der Waals surface area contributed by atoms with E-state index in [-0.39, 0.29) is 25.5 Å². The van der Waals surface area contributed by atoms with E-state index in [9.17, 15) is 5.11 Å². The zero-order valence-electron chi connectivity index (χ0n) is 10.1. The number of nitrogens with zero attached hydrogens (tertiary/aromatic N) is 1. The number of aliphatic hydroxyl groups excluding tert-OH is 1. The molecule has 0 radical (unpaired) electrons. The zero-order chi connectivity index (χ0) is 12.4. The van der Waals surface area contributed by atoms with Gasteiger partial charge in [-0.15, -0.1) is 0 Å². The van der Waals surface area contributed by atoms with E-state index in [4.69, 9.17) is 15.2 Å². The summed E-state index contributed by atoms with van der Waals surface area (Å²) in [6.07, 6.45) is 0. The highest BCUT2D eigenvalue weighted by Crippen LogP contribution is 2.35. The van der Waals surface area contributed by atoms with Crippen molar-refractivity contribution < 1.29 is 14.6 Å². The lowest BCUT2D eigenvalue weighted by Crippen LogP contribution is -2.39. The number of fused-ring (bicyclic) bond motifs is 1. The van der Waals surface area contributed by atoms with Gasteiger partial charge in [0.05, 0.1) is 12.6 Å².